The Labute approximate surface area is 125 Å². The molecule has 106 valence electrons. The van der Waals surface area contributed by atoms with Gasteiger partial charge in [0.2, 0.25) is 0 Å². The summed E-state index contributed by atoms with van der Waals surface area (Å²) in [4.78, 5) is 0. The first-order chi connectivity index (χ1) is 9.45. The Balaban J connectivity index is 2.35. The van der Waals surface area contributed by atoms with Crippen molar-refractivity contribution in [1.82, 2.24) is 0 Å². The standard InChI is InChI=1S/C17H20ClNO/c1-11-4-5-12(2)17(8-11)20-16-7-6-15(18)10-14(16)9-13(3)19/h4-8,10,13H,9,19H2,1-3H3. The summed E-state index contributed by atoms with van der Waals surface area (Å²) in [6.07, 6.45) is 0.737. The first-order valence-corrected chi connectivity index (χ1v) is 7.12. The molecule has 1 unspecified atom stereocenters. The molecule has 0 amide bonds. The van der Waals surface area contributed by atoms with Crippen molar-refractivity contribution in [2.45, 2.75) is 33.2 Å². The third kappa shape index (κ3) is 3.75. The van der Waals surface area contributed by atoms with Crippen LogP contribution in [-0.2, 0) is 6.42 Å². The van der Waals surface area contributed by atoms with E-state index in [-0.39, 0.29) is 6.04 Å². The molecule has 2 rings (SSSR count). The van der Waals surface area contributed by atoms with Gasteiger partial charge in [0.25, 0.3) is 0 Å². The van der Waals surface area contributed by atoms with Crippen LogP contribution in [0.5, 0.6) is 11.5 Å². The zero-order valence-corrected chi connectivity index (χ0v) is 12.9. The van der Waals surface area contributed by atoms with E-state index in [0.29, 0.717) is 5.02 Å². The molecule has 20 heavy (non-hydrogen) atoms. The van der Waals surface area contributed by atoms with Crippen LogP contribution in [-0.4, -0.2) is 6.04 Å². The molecule has 0 aliphatic heterocycles. The second-order valence-corrected chi connectivity index (χ2v) is 5.74. The largest absolute Gasteiger partial charge is 0.457 e. The van der Waals surface area contributed by atoms with Gasteiger partial charge in [-0.3, -0.25) is 0 Å². The van der Waals surface area contributed by atoms with Gasteiger partial charge in [-0.05, 0) is 68.1 Å². The molecular formula is C17H20ClNO. The van der Waals surface area contributed by atoms with E-state index in [4.69, 9.17) is 22.1 Å². The number of nitrogens with two attached hydrogens (primary N) is 1. The summed E-state index contributed by atoms with van der Waals surface area (Å²) < 4.78 is 6.06. The highest BCUT2D eigenvalue weighted by Gasteiger charge is 2.10. The van der Waals surface area contributed by atoms with Crippen molar-refractivity contribution < 1.29 is 4.74 Å². The average molecular weight is 290 g/mol. The second kappa shape index (κ2) is 6.29. The van der Waals surface area contributed by atoms with Crippen molar-refractivity contribution in [2.24, 2.45) is 5.73 Å². The summed E-state index contributed by atoms with van der Waals surface area (Å²) >= 11 is 6.06. The van der Waals surface area contributed by atoms with Crippen LogP contribution in [0.25, 0.3) is 0 Å². The van der Waals surface area contributed by atoms with Crippen LogP contribution in [0.1, 0.15) is 23.6 Å². The van der Waals surface area contributed by atoms with Gasteiger partial charge in [-0.2, -0.15) is 0 Å². The van der Waals surface area contributed by atoms with E-state index in [1.807, 2.05) is 38.1 Å². The predicted octanol–water partition coefficient (Wildman–Crippen LogP) is 4.64. The number of ether oxygens (including phenoxy) is 1. The van der Waals surface area contributed by atoms with Gasteiger partial charge in [0.05, 0.1) is 0 Å². The monoisotopic (exact) mass is 289 g/mol. The van der Waals surface area contributed by atoms with Crippen LogP contribution in [0.2, 0.25) is 5.02 Å². The SMILES string of the molecule is Cc1ccc(C)c(Oc2ccc(Cl)cc2CC(C)N)c1. The van der Waals surface area contributed by atoms with E-state index in [1.54, 1.807) is 0 Å². The maximum absolute atomic E-state index is 6.06. The lowest BCUT2D eigenvalue weighted by atomic mass is 10.1. The fourth-order valence-electron chi connectivity index (χ4n) is 2.09. The van der Waals surface area contributed by atoms with Crippen LogP contribution in [0.4, 0.5) is 0 Å². The Morgan fingerprint density at radius 1 is 1.10 bits per heavy atom. The molecule has 0 heterocycles. The molecule has 0 bridgehead atoms. The molecule has 0 spiro atoms. The highest BCUT2D eigenvalue weighted by molar-refractivity contribution is 6.30. The maximum atomic E-state index is 6.06. The van der Waals surface area contributed by atoms with E-state index in [0.717, 1.165) is 29.0 Å². The Morgan fingerprint density at radius 3 is 2.55 bits per heavy atom. The third-order valence-electron chi connectivity index (χ3n) is 3.13. The summed E-state index contributed by atoms with van der Waals surface area (Å²) in [5.41, 5.74) is 9.21. The summed E-state index contributed by atoms with van der Waals surface area (Å²) in [6.45, 7) is 6.07. The molecule has 2 N–H and O–H groups in total. The fraction of sp³-hybridized carbons (Fsp3) is 0.294. The minimum absolute atomic E-state index is 0.0643. The third-order valence-corrected chi connectivity index (χ3v) is 3.36. The number of rotatable bonds is 4. The van der Waals surface area contributed by atoms with E-state index in [9.17, 15) is 0 Å². The van der Waals surface area contributed by atoms with Gasteiger partial charge in [-0.25, -0.2) is 0 Å². The molecule has 0 saturated heterocycles. The lowest BCUT2D eigenvalue weighted by Crippen LogP contribution is -2.18. The van der Waals surface area contributed by atoms with Crippen molar-refractivity contribution in [3.05, 3.63) is 58.1 Å². The predicted molar refractivity (Wildman–Crippen MR) is 84.8 cm³/mol. The van der Waals surface area contributed by atoms with Crippen molar-refractivity contribution >= 4 is 11.6 Å². The molecule has 0 aliphatic carbocycles. The van der Waals surface area contributed by atoms with Gasteiger partial charge in [0.1, 0.15) is 11.5 Å². The topological polar surface area (TPSA) is 35.2 Å². The molecule has 0 fully saturated rings. The van der Waals surface area contributed by atoms with Gasteiger partial charge in [-0.15, -0.1) is 0 Å². The van der Waals surface area contributed by atoms with Gasteiger partial charge >= 0.3 is 0 Å². The molecule has 1 atom stereocenters. The van der Waals surface area contributed by atoms with Crippen molar-refractivity contribution in [1.29, 1.82) is 0 Å². The maximum Gasteiger partial charge on any atom is 0.130 e. The van der Waals surface area contributed by atoms with Gasteiger partial charge in [-0.1, -0.05) is 23.7 Å². The number of benzene rings is 2. The van der Waals surface area contributed by atoms with Crippen LogP contribution >= 0.6 is 11.6 Å². The van der Waals surface area contributed by atoms with Gasteiger partial charge < -0.3 is 10.5 Å². The van der Waals surface area contributed by atoms with E-state index in [2.05, 4.69) is 19.1 Å². The molecule has 3 heteroatoms. The summed E-state index contributed by atoms with van der Waals surface area (Å²) in [5, 5.41) is 0.703. The minimum Gasteiger partial charge on any atom is -0.457 e. The van der Waals surface area contributed by atoms with Gasteiger partial charge in [0.15, 0.2) is 0 Å². The number of hydrogen-bond donors (Lipinski definition) is 1. The average Bonchev–Trinajstić information content (AvgIpc) is 2.36. The fourth-order valence-corrected chi connectivity index (χ4v) is 2.28. The zero-order chi connectivity index (χ0) is 14.7. The van der Waals surface area contributed by atoms with Crippen molar-refractivity contribution in [3.63, 3.8) is 0 Å². The van der Waals surface area contributed by atoms with E-state index < -0.39 is 0 Å². The lowest BCUT2D eigenvalue weighted by Gasteiger charge is -2.15. The Kier molecular flexibility index (Phi) is 4.69. The van der Waals surface area contributed by atoms with Gasteiger partial charge in [0, 0.05) is 11.1 Å². The molecule has 2 aromatic rings. The van der Waals surface area contributed by atoms with Crippen LogP contribution in [0.3, 0.4) is 0 Å². The number of hydrogen-bond acceptors (Lipinski definition) is 2. The number of aryl methyl sites for hydroxylation is 2. The van der Waals surface area contributed by atoms with E-state index in [1.165, 1.54) is 5.56 Å². The Bertz CT molecular complexity index is 608. The van der Waals surface area contributed by atoms with Crippen LogP contribution < -0.4 is 10.5 Å². The molecule has 0 radical (unpaired) electrons. The smallest absolute Gasteiger partial charge is 0.130 e. The van der Waals surface area contributed by atoms with Crippen molar-refractivity contribution in [3.8, 4) is 11.5 Å². The Hall–Kier alpha value is -1.51. The first kappa shape index (κ1) is 14.9. The molecule has 0 aliphatic rings. The normalized spacial score (nSPS) is 12.2. The minimum atomic E-state index is 0.0643. The molecule has 0 saturated carbocycles. The quantitative estimate of drug-likeness (QED) is 0.890. The molecular weight excluding hydrogens is 270 g/mol. The van der Waals surface area contributed by atoms with Crippen LogP contribution in [0.15, 0.2) is 36.4 Å². The molecule has 2 aromatic carbocycles. The summed E-state index contributed by atoms with van der Waals surface area (Å²) in [7, 11) is 0. The highest BCUT2D eigenvalue weighted by Crippen LogP contribution is 2.31. The highest BCUT2D eigenvalue weighted by atomic mass is 35.5. The first-order valence-electron chi connectivity index (χ1n) is 6.75. The molecule has 0 aromatic heterocycles. The molecule has 2 nitrogen and oxygen atoms in total. The summed E-state index contributed by atoms with van der Waals surface area (Å²) in [6, 6.07) is 11.9. The van der Waals surface area contributed by atoms with Crippen molar-refractivity contribution in [2.75, 3.05) is 0 Å². The number of halogens is 1. The summed E-state index contributed by atoms with van der Waals surface area (Å²) in [5.74, 6) is 1.69. The lowest BCUT2D eigenvalue weighted by molar-refractivity contribution is 0.470. The second-order valence-electron chi connectivity index (χ2n) is 5.30. The zero-order valence-electron chi connectivity index (χ0n) is 12.1. The Morgan fingerprint density at radius 2 is 1.85 bits per heavy atom. The van der Waals surface area contributed by atoms with E-state index >= 15 is 0 Å². The van der Waals surface area contributed by atoms with Crippen LogP contribution in [0, 0.1) is 13.8 Å².